The molecule has 2 nitrogen and oxygen atoms in total. The maximum absolute atomic E-state index is 6.69. The molecular formula is C39H31NO. The van der Waals surface area contributed by atoms with Crippen LogP contribution in [0.5, 0.6) is 0 Å². The fourth-order valence-corrected chi connectivity index (χ4v) is 5.66. The first-order valence-electron chi connectivity index (χ1n) is 14.1. The number of benzene rings is 5. The Bertz CT molecular complexity index is 1970. The number of rotatable bonds is 4. The number of hydrogen-bond acceptors (Lipinski definition) is 2. The van der Waals surface area contributed by atoms with Crippen molar-refractivity contribution in [1.29, 1.82) is 0 Å². The molecule has 0 fully saturated rings. The van der Waals surface area contributed by atoms with Gasteiger partial charge >= 0.3 is 0 Å². The number of furan rings is 1. The second kappa shape index (κ2) is 9.91. The van der Waals surface area contributed by atoms with Gasteiger partial charge in [-0.25, -0.2) is 0 Å². The Labute approximate surface area is 240 Å². The lowest BCUT2D eigenvalue weighted by Crippen LogP contribution is -2.10. The van der Waals surface area contributed by atoms with E-state index in [0.29, 0.717) is 0 Å². The Hall–Kier alpha value is -4.95. The lowest BCUT2D eigenvalue weighted by molar-refractivity contribution is 0.590. The molecule has 2 heteroatoms. The first-order valence-corrected chi connectivity index (χ1v) is 14.1. The van der Waals surface area contributed by atoms with Crippen molar-refractivity contribution in [3.8, 4) is 44.5 Å². The fourth-order valence-electron chi connectivity index (χ4n) is 5.66. The molecule has 7 rings (SSSR count). The number of fused-ring (bicyclic) bond motifs is 3. The molecule has 0 N–H and O–H groups in total. The molecule has 0 atom stereocenters. The summed E-state index contributed by atoms with van der Waals surface area (Å²) in [6, 6.07) is 43.3. The van der Waals surface area contributed by atoms with Crippen LogP contribution in [0.25, 0.3) is 66.4 Å². The van der Waals surface area contributed by atoms with Gasteiger partial charge in [-0.1, -0.05) is 136 Å². The molecule has 0 unspecified atom stereocenters. The first kappa shape index (κ1) is 25.0. The third-order valence-corrected chi connectivity index (χ3v) is 8.00. The summed E-state index contributed by atoms with van der Waals surface area (Å²) in [4.78, 5) is 4.26. The van der Waals surface area contributed by atoms with E-state index in [1.54, 1.807) is 6.20 Å². The van der Waals surface area contributed by atoms with Crippen LogP contribution in [0.1, 0.15) is 26.3 Å². The average Bonchev–Trinajstić information content (AvgIpc) is 3.41. The third-order valence-electron chi connectivity index (χ3n) is 8.00. The Morgan fingerprint density at radius 2 is 0.927 bits per heavy atom. The van der Waals surface area contributed by atoms with Gasteiger partial charge in [0, 0.05) is 34.3 Å². The highest BCUT2D eigenvalue weighted by Crippen LogP contribution is 2.40. The van der Waals surface area contributed by atoms with Gasteiger partial charge in [-0.3, -0.25) is 4.98 Å². The summed E-state index contributed by atoms with van der Waals surface area (Å²) >= 11 is 0. The summed E-state index contributed by atoms with van der Waals surface area (Å²) in [6.45, 7) is 6.74. The molecule has 0 amide bonds. The molecular weight excluding hydrogens is 498 g/mol. The van der Waals surface area contributed by atoms with Gasteiger partial charge in [-0.2, -0.15) is 0 Å². The molecule has 0 saturated heterocycles. The lowest BCUT2D eigenvalue weighted by Gasteiger charge is -2.19. The van der Waals surface area contributed by atoms with Crippen molar-refractivity contribution in [3.63, 3.8) is 0 Å². The zero-order valence-electron chi connectivity index (χ0n) is 23.6. The van der Waals surface area contributed by atoms with Crippen LogP contribution in [0, 0.1) is 0 Å². The van der Waals surface area contributed by atoms with Gasteiger partial charge in [0.25, 0.3) is 0 Å². The summed E-state index contributed by atoms with van der Waals surface area (Å²) in [5.74, 6) is 0. The predicted octanol–water partition coefficient (Wildman–Crippen LogP) is 10.9. The summed E-state index contributed by atoms with van der Waals surface area (Å²) in [5, 5.41) is 2.26. The van der Waals surface area contributed by atoms with E-state index < -0.39 is 0 Å². The van der Waals surface area contributed by atoms with Gasteiger partial charge in [0.05, 0.1) is 0 Å². The summed E-state index contributed by atoms with van der Waals surface area (Å²) < 4.78 is 6.69. The average molecular weight is 530 g/mol. The monoisotopic (exact) mass is 529 g/mol. The SMILES string of the molecule is CC(C)(C)c1ccc(-c2ccc(-c3cccc4c3oc3c(-c5ccc(-c6cccnc6)cc5)cccc34)cc2)cc1. The molecule has 198 valence electrons. The van der Waals surface area contributed by atoms with Crippen LogP contribution >= 0.6 is 0 Å². The first-order chi connectivity index (χ1) is 20.0. The van der Waals surface area contributed by atoms with E-state index in [4.69, 9.17) is 4.42 Å². The van der Waals surface area contributed by atoms with Crippen LogP contribution in [0.2, 0.25) is 0 Å². The van der Waals surface area contributed by atoms with Gasteiger partial charge in [-0.05, 0) is 50.4 Å². The maximum Gasteiger partial charge on any atom is 0.143 e. The van der Waals surface area contributed by atoms with E-state index in [0.717, 1.165) is 55.3 Å². The molecule has 7 aromatic rings. The highest BCUT2D eigenvalue weighted by atomic mass is 16.3. The Morgan fingerprint density at radius 1 is 0.463 bits per heavy atom. The van der Waals surface area contributed by atoms with Crippen molar-refractivity contribution in [2.45, 2.75) is 26.2 Å². The summed E-state index contributed by atoms with van der Waals surface area (Å²) in [7, 11) is 0. The molecule has 5 aromatic carbocycles. The molecule has 2 aromatic heterocycles. The highest BCUT2D eigenvalue weighted by molar-refractivity contribution is 6.13. The molecule has 2 heterocycles. The van der Waals surface area contributed by atoms with E-state index in [-0.39, 0.29) is 5.41 Å². The highest BCUT2D eigenvalue weighted by Gasteiger charge is 2.16. The molecule has 0 radical (unpaired) electrons. The number of pyridine rings is 1. The lowest BCUT2D eigenvalue weighted by atomic mass is 9.86. The summed E-state index contributed by atoms with van der Waals surface area (Å²) in [6.07, 6.45) is 3.69. The third kappa shape index (κ3) is 4.62. The molecule has 0 saturated carbocycles. The van der Waals surface area contributed by atoms with Crippen LogP contribution in [0.3, 0.4) is 0 Å². The normalized spacial score (nSPS) is 11.8. The Kier molecular flexibility index (Phi) is 6.05. The number of aromatic nitrogens is 1. The van der Waals surface area contributed by atoms with Gasteiger partial charge in [0.2, 0.25) is 0 Å². The topological polar surface area (TPSA) is 26.0 Å². The van der Waals surface area contributed by atoms with Crippen molar-refractivity contribution in [2.24, 2.45) is 0 Å². The quantitative estimate of drug-likeness (QED) is 0.227. The minimum Gasteiger partial charge on any atom is -0.455 e. The van der Waals surface area contributed by atoms with Crippen LogP contribution in [-0.4, -0.2) is 4.98 Å². The van der Waals surface area contributed by atoms with Crippen molar-refractivity contribution >= 4 is 21.9 Å². The van der Waals surface area contributed by atoms with Gasteiger partial charge < -0.3 is 4.42 Å². The molecule has 0 aliphatic heterocycles. The predicted molar refractivity (Wildman–Crippen MR) is 172 cm³/mol. The second-order valence-corrected chi connectivity index (χ2v) is 11.7. The second-order valence-electron chi connectivity index (χ2n) is 11.7. The van der Waals surface area contributed by atoms with E-state index in [9.17, 15) is 0 Å². The van der Waals surface area contributed by atoms with E-state index in [1.807, 2.05) is 12.3 Å². The maximum atomic E-state index is 6.69. The van der Waals surface area contributed by atoms with Crippen molar-refractivity contribution in [3.05, 3.63) is 139 Å². The van der Waals surface area contributed by atoms with Crippen molar-refractivity contribution < 1.29 is 4.42 Å². The smallest absolute Gasteiger partial charge is 0.143 e. The summed E-state index contributed by atoms with van der Waals surface area (Å²) in [5.41, 5.74) is 12.5. The van der Waals surface area contributed by atoms with Gasteiger partial charge in [-0.15, -0.1) is 0 Å². The van der Waals surface area contributed by atoms with E-state index >= 15 is 0 Å². The van der Waals surface area contributed by atoms with Crippen LogP contribution in [-0.2, 0) is 5.41 Å². The number of para-hydroxylation sites is 2. The van der Waals surface area contributed by atoms with Crippen LogP contribution in [0.15, 0.2) is 138 Å². The largest absolute Gasteiger partial charge is 0.455 e. The van der Waals surface area contributed by atoms with Gasteiger partial charge in [0.1, 0.15) is 11.2 Å². The minimum absolute atomic E-state index is 0.150. The van der Waals surface area contributed by atoms with Crippen LogP contribution in [0.4, 0.5) is 0 Å². The zero-order valence-corrected chi connectivity index (χ0v) is 23.6. The Balaban J connectivity index is 1.26. The molecule has 0 aliphatic carbocycles. The molecule has 0 aliphatic rings. The number of hydrogen-bond donors (Lipinski definition) is 0. The van der Waals surface area contributed by atoms with E-state index in [1.165, 1.54) is 16.7 Å². The molecule has 0 spiro atoms. The zero-order chi connectivity index (χ0) is 28.0. The Morgan fingerprint density at radius 3 is 1.39 bits per heavy atom. The molecule has 0 bridgehead atoms. The molecule has 41 heavy (non-hydrogen) atoms. The van der Waals surface area contributed by atoms with Gasteiger partial charge in [0.15, 0.2) is 0 Å². The minimum atomic E-state index is 0.150. The fraction of sp³-hybridized carbons (Fsp3) is 0.103. The van der Waals surface area contributed by atoms with Crippen LogP contribution < -0.4 is 0 Å². The van der Waals surface area contributed by atoms with E-state index in [2.05, 4.69) is 141 Å². The van der Waals surface area contributed by atoms with Crippen molar-refractivity contribution in [1.82, 2.24) is 4.98 Å². The standard InChI is InChI=1S/C39H31NO/c1-39(2,3)32-22-20-27(21-23-32)26-12-16-29(17-13-26)33-8-4-10-35-36-11-5-9-34(38(36)41-37(33)35)30-18-14-28(15-19-30)31-7-6-24-40-25-31/h4-25H,1-3H3. The number of nitrogens with zero attached hydrogens (tertiary/aromatic N) is 1. The van der Waals surface area contributed by atoms with Crippen molar-refractivity contribution in [2.75, 3.05) is 0 Å².